The molecule has 6 nitrogen and oxygen atoms in total. The SMILES string of the molecule is CN(C)[C@@H]1C[C@@H](C(=O)O)N(C2CCN(C(=O)c3ccccc3)CC2)C1. The highest BCUT2D eigenvalue weighted by molar-refractivity contribution is 5.94. The van der Waals surface area contributed by atoms with Gasteiger partial charge in [0.15, 0.2) is 0 Å². The van der Waals surface area contributed by atoms with Crippen molar-refractivity contribution in [3.8, 4) is 0 Å². The number of benzene rings is 1. The third-order valence-electron chi connectivity index (χ3n) is 5.57. The van der Waals surface area contributed by atoms with Gasteiger partial charge < -0.3 is 14.9 Å². The summed E-state index contributed by atoms with van der Waals surface area (Å²) in [5, 5.41) is 9.58. The van der Waals surface area contributed by atoms with E-state index in [1.165, 1.54) is 0 Å². The van der Waals surface area contributed by atoms with Crippen molar-refractivity contribution in [3.05, 3.63) is 35.9 Å². The van der Waals surface area contributed by atoms with Gasteiger partial charge in [0.05, 0.1) is 0 Å². The molecule has 2 saturated heterocycles. The van der Waals surface area contributed by atoms with Gasteiger partial charge >= 0.3 is 5.97 Å². The Morgan fingerprint density at radius 2 is 1.76 bits per heavy atom. The Morgan fingerprint density at radius 3 is 2.32 bits per heavy atom. The molecule has 3 rings (SSSR count). The zero-order chi connectivity index (χ0) is 18.0. The summed E-state index contributed by atoms with van der Waals surface area (Å²) in [6, 6.07) is 9.47. The molecule has 136 valence electrons. The third-order valence-corrected chi connectivity index (χ3v) is 5.57. The van der Waals surface area contributed by atoms with Gasteiger partial charge in [0.2, 0.25) is 0 Å². The van der Waals surface area contributed by atoms with E-state index in [4.69, 9.17) is 0 Å². The average Bonchev–Trinajstić information content (AvgIpc) is 3.08. The normalized spacial score (nSPS) is 25.5. The number of piperidine rings is 1. The largest absolute Gasteiger partial charge is 0.480 e. The quantitative estimate of drug-likeness (QED) is 0.893. The van der Waals surface area contributed by atoms with Crippen LogP contribution in [0.5, 0.6) is 0 Å². The van der Waals surface area contributed by atoms with Crippen LogP contribution >= 0.6 is 0 Å². The molecule has 2 atom stereocenters. The minimum absolute atomic E-state index is 0.0708. The maximum atomic E-state index is 12.6. The number of carboxylic acids is 1. The van der Waals surface area contributed by atoms with Crippen molar-refractivity contribution >= 4 is 11.9 Å². The van der Waals surface area contributed by atoms with Gasteiger partial charge in [0.1, 0.15) is 6.04 Å². The number of carbonyl (C=O) groups excluding carboxylic acids is 1. The summed E-state index contributed by atoms with van der Waals surface area (Å²) in [7, 11) is 4.02. The molecule has 0 unspecified atom stereocenters. The van der Waals surface area contributed by atoms with Crippen molar-refractivity contribution in [2.75, 3.05) is 33.7 Å². The fraction of sp³-hybridized carbons (Fsp3) is 0.579. The fourth-order valence-electron chi connectivity index (χ4n) is 4.02. The van der Waals surface area contributed by atoms with Crippen LogP contribution in [0, 0.1) is 0 Å². The second-order valence-corrected chi connectivity index (χ2v) is 7.29. The lowest BCUT2D eigenvalue weighted by atomic mass is 10.0. The lowest BCUT2D eigenvalue weighted by Crippen LogP contribution is -2.50. The second kappa shape index (κ2) is 7.54. The van der Waals surface area contributed by atoms with E-state index in [2.05, 4.69) is 9.80 Å². The molecule has 2 aliphatic heterocycles. The third kappa shape index (κ3) is 3.85. The molecule has 1 N–H and O–H groups in total. The van der Waals surface area contributed by atoms with Crippen molar-refractivity contribution in [1.29, 1.82) is 0 Å². The van der Waals surface area contributed by atoms with E-state index >= 15 is 0 Å². The van der Waals surface area contributed by atoms with Crippen LogP contribution in [0.25, 0.3) is 0 Å². The summed E-state index contributed by atoms with van der Waals surface area (Å²) in [5.41, 5.74) is 0.721. The van der Waals surface area contributed by atoms with E-state index in [9.17, 15) is 14.7 Å². The molecule has 0 radical (unpaired) electrons. The van der Waals surface area contributed by atoms with Gasteiger partial charge in [-0.15, -0.1) is 0 Å². The van der Waals surface area contributed by atoms with Crippen LogP contribution in [0.1, 0.15) is 29.6 Å². The van der Waals surface area contributed by atoms with Crippen molar-refractivity contribution < 1.29 is 14.7 Å². The predicted molar refractivity (Wildman–Crippen MR) is 95.6 cm³/mol. The molecule has 1 amide bonds. The van der Waals surface area contributed by atoms with Gasteiger partial charge in [-0.1, -0.05) is 18.2 Å². The minimum Gasteiger partial charge on any atom is -0.480 e. The Morgan fingerprint density at radius 1 is 1.12 bits per heavy atom. The molecule has 1 aromatic rings. The zero-order valence-corrected chi connectivity index (χ0v) is 15.0. The standard InChI is InChI=1S/C19H27N3O3/c1-20(2)16-12-17(19(24)25)22(13-16)15-8-10-21(11-9-15)18(23)14-6-4-3-5-7-14/h3-7,15-17H,8-13H2,1-2H3,(H,24,25)/t16-,17+/m1/s1. The number of aliphatic carboxylic acids is 1. The monoisotopic (exact) mass is 345 g/mol. The topological polar surface area (TPSA) is 64.1 Å². The first kappa shape index (κ1) is 17.9. The summed E-state index contributed by atoms with van der Waals surface area (Å²) in [6.07, 6.45) is 2.34. The van der Waals surface area contributed by atoms with Crippen molar-refractivity contribution in [1.82, 2.24) is 14.7 Å². The van der Waals surface area contributed by atoms with Crippen LogP contribution < -0.4 is 0 Å². The van der Waals surface area contributed by atoms with Gasteiger partial charge in [-0.2, -0.15) is 0 Å². The molecular weight excluding hydrogens is 318 g/mol. The summed E-state index contributed by atoms with van der Waals surface area (Å²) in [6.45, 7) is 2.17. The van der Waals surface area contributed by atoms with E-state index in [0.717, 1.165) is 24.9 Å². The Hall–Kier alpha value is -1.92. The lowest BCUT2D eigenvalue weighted by molar-refractivity contribution is -0.143. The Labute approximate surface area is 149 Å². The minimum atomic E-state index is -0.729. The predicted octanol–water partition coefficient (Wildman–Crippen LogP) is 1.38. The number of hydrogen-bond acceptors (Lipinski definition) is 4. The maximum Gasteiger partial charge on any atom is 0.320 e. The van der Waals surface area contributed by atoms with Crippen molar-refractivity contribution in [3.63, 3.8) is 0 Å². The molecule has 2 aliphatic rings. The smallest absolute Gasteiger partial charge is 0.320 e. The number of hydrogen-bond donors (Lipinski definition) is 1. The molecule has 0 saturated carbocycles. The van der Waals surface area contributed by atoms with Crippen LogP contribution in [0.15, 0.2) is 30.3 Å². The van der Waals surface area contributed by atoms with Crippen LogP contribution in [-0.2, 0) is 4.79 Å². The van der Waals surface area contributed by atoms with Crippen LogP contribution in [0.3, 0.4) is 0 Å². The first-order valence-electron chi connectivity index (χ1n) is 8.96. The molecule has 1 aromatic carbocycles. The van der Waals surface area contributed by atoms with Gasteiger partial charge in [-0.05, 0) is 45.5 Å². The maximum absolute atomic E-state index is 12.6. The van der Waals surface area contributed by atoms with Gasteiger partial charge in [0, 0.05) is 37.3 Å². The van der Waals surface area contributed by atoms with Crippen LogP contribution in [0.4, 0.5) is 0 Å². The summed E-state index contributed by atoms with van der Waals surface area (Å²) >= 11 is 0. The molecule has 2 heterocycles. The van der Waals surface area contributed by atoms with Gasteiger partial charge in [-0.3, -0.25) is 14.5 Å². The van der Waals surface area contributed by atoms with Crippen LogP contribution in [0.2, 0.25) is 0 Å². The second-order valence-electron chi connectivity index (χ2n) is 7.29. The van der Waals surface area contributed by atoms with Crippen molar-refractivity contribution in [2.24, 2.45) is 0 Å². The number of carbonyl (C=O) groups is 2. The Balaban J connectivity index is 1.61. The first-order chi connectivity index (χ1) is 12.0. The highest BCUT2D eigenvalue weighted by atomic mass is 16.4. The fourth-order valence-corrected chi connectivity index (χ4v) is 4.02. The van der Waals surface area contributed by atoms with Gasteiger partial charge in [0.25, 0.3) is 5.91 Å². The van der Waals surface area contributed by atoms with Gasteiger partial charge in [-0.25, -0.2) is 0 Å². The number of amides is 1. The van der Waals surface area contributed by atoms with E-state index in [-0.39, 0.29) is 18.0 Å². The van der Waals surface area contributed by atoms with E-state index in [1.54, 1.807) is 0 Å². The molecule has 0 aliphatic carbocycles. The molecular formula is C19H27N3O3. The molecule has 0 aromatic heterocycles. The highest BCUT2D eigenvalue weighted by Gasteiger charge is 2.42. The molecule has 2 fully saturated rings. The molecule has 0 spiro atoms. The first-order valence-corrected chi connectivity index (χ1v) is 8.96. The summed E-state index contributed by atoms with van der Waals surface area (Å²) < 4.78 is 0. The number of carboxylic acid groups (broad SMARTS) is 1. The van der Waals surface area contributed by atoms with E-state index in [0.29, 0.717) is 19.5 Å². The molecule has 6 heteroatoms. The Bertz CT molecular complexity index is 612. The number of likely N-dealkylation sites (tertiary alicyclic amines) is 2. The molecule has 25 heavy (non-hydrogen) atoms. The highest BCUT2D eigenvalue weighted by Crippen LogP contribution is 2.28. The summed E-state index contributed by atoms with van der Waals surface area (Å²) in [4.78, 5) is 30.4. The van der Waals surface area contributed by atoms with E-state index < -0.39 is 12.0 Å². The van der Waals surface area contributed by atoms with E-state index in [1.807, 2.05) is 49.3 Å². The number of likely N-dealkylation sites (N-methyl/N-ethyl adjacent to an activating group) is 1. The van der Waals surface area contributed by atoms with Crippen molar-refractivity contribution in [2.45, 2.75) is 37.4 Å². The Kier molecular flexibility index (Phi) is 5.39. The summed E-state index contributed by atoms with van der Waals surface area (Å²) in [5.74, 6) is -0.659. The average molecular weight is 345 g/mol. The number of rotatable bonds is 4. The number of nitrogens with zero attached hydrogens (tertiary/aromatic N) is 3. The zero-order valence-electron chi connectivity index (χ0n) is 15.0. The molecule has 0 bridgehead atoms. The lowest BCUT2D eigenvalue weighted by Gasteiger charge is -2.38. The van der Waals surface area contributed by atoms with Crippen LogP contribution in [-0.4, -0.2) is 83.5 Å².